The van der Waals surface area contributed by atoms with Gasteiger partial charge in [0, 0.05) is 73.0 Å². The van der Waals surface area contributed by atoms with Crippen LogP contribution in [0.25, 0.3) is 0 Å². The van der Waals surface area contributed by atoms with Gasteiger partial charge in [-0.1, -0.05) is 54.6 Å². The lowest BCUT2D eigenvalue weighted by Crippen LogP contribution is -2.47. The summed E-state index contributed by atoms with van der Waals surface area (Å²) in [6.07, 6.45) is 2.01. The standard InChI is InChI=1S/C23H26I2N2OS2/c1-3-28-23-14-22(18-12-8-7-9-16(18)2)27(30-25)21-13-20(17-10-5-4-6-11-17)26(29-24)15-19(21)23/h4-12,20-22H,3,13-15H2,1-2H3/t20-,21-,22-/m0/s1. The Morgan fingerprint density at radius 3 is 2.37 bits per heavy atom. The first-order valence-electron chi connectivity index (χ1n) is 10.3. The molecule has 160 valence electrons. The van der Waals surface area contributed by atoms with Crippen molar-refractivity contribution in [3.8, 4) is 0 Å². The average Bonchev–Trinajstić information content (AvgIpc) is 2.79. The molecule has 1 fully saturated rings. The molecular weight excluding hydrogens is 638 g/mol. The molecule has 1 saturated heterocycles. The molecule has 0 N–H and O–H groups in total. The first kappa shape index (κ1) is 23.2. The lowest BCUT2D eigenvalue weighted by atomic mass is 9.83. The van der Waals surface area contributed by atoms with Gasteiger partial charge in [-0.25, -0.2) is 8.61 Å². The predicted octanol–water partition coefficient (Wildman–Crippen LogP) is 7.84. The zero-order valence-electron chi connectivity index (χ0n) is 17.1. The molecule has 2 aromatic rings. The van der Waals surface area contributed by atoms with Crippen LogP contribution in [0.3, 0.4) is 0 Å². The third-order valence-corrected chi connectivity index (χ3v) is 10.2. The number of hydrogen-bond donors (Lipinski definition) is 0. The second kappa shape index (κ2) is 10.8. The fourth-order valence-electron chi connectivity index (χ4n) is 4.68. The molecule has 0 amide bonds. The van der Waals surface area contributed by atoms with E-state index in [1.807, 2.05) is 18.2 Å². The van der Waals surface area contributed by atoms with Crippen LogP contribution in [0.4, 0.5) is 0 Å². The number of piperidine rings is 1. The number of halogens is 2. The van der Waals surface area contributed by atoms with E-state index in [0.29, 0.717) is 18.1 Å². The molecule has 0 saturated carbocycles. The van der Waals surface area contributed by atoms with Crippen LogP contribution in [-0.4, -0.2) is 27.8 Å². The Balaban J connectivity index is 1.76. The molecule has 2 heterocycles. The van der Waals surface area contributed by atoms with Gasteiger partial charge in [-0.2, -0.15) is 0 Å². The van der Waals surface area contributed by atoms with Crippen molar-refractivity contribution in [2.75, 3.05) is 13.2 Å². The molecule has 0 unspecified atom stereocenters. The summed E-state index contributed by atoms with van der Waals surface area (Å²) in [7, 11) is 3.68. The van der Waals surface area contributed by atoms with E-state index in [0.717, 1.165) is 26.0 Å². The van der Waals surface area contributed by atoms with Crippen molar-refractivity contribution in [3.63, 3.8) is 0 Å². The van der Waals surface area contributed by atoms with E-state index in [1.165, 1.54) is 28.0 Å². The zero-order chi connectivity index (χ0) is 21.1. The summed E-state index contributed by atoms with van der Waals surface area (Å²) in [6.45, 7) is 6.00. The minimum Gasteiger partial charge on any atom is -0.498 e. The Bertz CT molecular complexity index is 896. The Morgan fingerprint density at radius 2 is 1.70 bits per heavy atom. The summed E-state index contributed by atoms with van der Waals surface area (Å²) in [6, 6.07) is 20.9. The van der Waals surface area contributed by atoms with Crippen LogP contribution >= 0.6 is 60.6 Å². The van der Waals surface area contributed by atoms with E-state index in [2.05, 4.69) is 119 Å². The minimum absolute atomic E-state index is 0.332. The molecule has 2 aliphatic rings. The van der Waals surface area contributed by atoms with Crippen molar-refractivity contribution in [3.05, 3.63) is 82.6 Å². The van der Waals surface area contributed by atoms with E-state index < -0.39 is 0 Å². The van der Waals surface area contributed by atoms with Gasteiger partial charge >= 0.3 is 0 Å². The zero-order valence-corrected chi connectivity index (χ0v) is 23.1. The molecular formula is C23H26I2N2OS2. The molecule has 0 aliphatic carbocycles. The van der Waals surface area contributed by atoms with Gasteiger partial charge in [0.1, 0.15) is 0 Å². The van der Waals surface area contributed by atoms with Crippen LogP contribution in [0.15, 0.2) is 65.9 Å². The minimum atomic E-state index is 0.332. The molecule has 0 aromatic heterocycles. The Hall–Kier alpha value is 0.0600. The van der Waals surface area contributed by atoms with Crippen molar-refractivity contribution >= 4 is 60.6 Å². The van der Waals surface area contributed by atoms with Crippen LogP contribution in [0.2, 0.25) is 0 Å². The van der Waals surface area contributed by atoms with E-state index in [1.54, 1.807) is 0 Å². The van der Waals surface area contributed by atoms with Gasteiger partial charge in [0.2, 0.25) is 0 Å². The second-order valence-electron chi connectivity index (χ2n) is 7.71. The molecule has 3 atom stereocenters. The summed E-state index contributed by atoms with van der Waals surface area (Å²) >= 11 is 4.90. The predicted molar refractivity (Wildman–Crippen MR) is 147 cm³/mol. The van der Waals surface area contributed by atoms with Gasteiger partial charge in [-0.05, 0) is 55.2 Å². The van der Waals surface area contributed by atoms with Gasteiger partial charge in [0.25, 0.3) is 0 Å². The van der Waals surface area contributed by atoms with Crippen LogP contribution in [-0.2, 0) is 4.74 Å². The fourth-order valence-corrected chi connectivity index (χ4v) is 8.65. The maximum absolute atomic E-state index is 6.27. The number of rotatable bonds is 6. The largest absolute Gasteiger partial charge is 0.498 e. The summed E-state index contributed by atoms with van der Waals surface area (Å²) in [5, 5.41) is 0. The van der Waals surface area contributed by atoms with Crippen LogP contribution in [0, 0.1) is 6.92 Å². The first-order valence-corrected chi connectivity index (χ1v) is 16.9. The highest BCUT2D eigenvalue weighted by atomic mass is 127. The highest BCUT2D eigenvalue weighted by molar-refractivity contribution is 14.2. The smallest absolute Gasteiger partial charge is 0.1000 e. The van der Waals surface area contributed by atoms with E-state index in [4.69, 9.17) is 4.74 Å². The molecule has 3 nitrogen and oxygen atoms in total. The summed E-state index contributed by atoms with van der Waals surface area (Å²) < 4.78 is 11.4. The summed E-state index contributed by atoms with van der Waals surface area (Å²) in [5.41, 5.74) is 5.63. The van der Waals surface area contributed by atoms with Crippen LogP contribution in [0.1, 0.15) is 48.5 Å². The second-order valence-corrected chi connectivity index (χ2v) is 11.2. The van der Waals surface area contributed by atoms with Crippen LogP contribution in [0.5, 0.6) is 0 Å². The lowest BCUT2D eigenvalue weighted by Gasteiger charge is -2.49. The summed E-state index contributed by atoms with van der Waals surface area (Å²) in [4.78, 5) is 0. The average molecular weight is 664 g/mol. The highest BCUT2D eigenvalue weighted by Crippen LogP contribution is 2.51. The molecule has 0 spiro atoms. The van der Waals surface area contributed by atoms with Crippen LogP contribution < -0.4 is 0 Å². The number of fused-ring (bicyclic) bond motifs is 1. The Morgan fingerprint density at radius 1 is 0.967 bits per heavy atom. The Labute approximate surface area is 212 Å². The van der Waals surface area contributed by atoms with Gasteiger partial charge < -0.3 is 4.74 Å². The highest BCUT2D eigenvalue weighted by Gasteiger charge is 2.44. The topological polar surface area (TPSA) is 15.7 Å². The number of hydrogen-bond acceptors (Lipinski definition) is 5. The van der Waals surface area contributed by atoms with Crippen molar-refractivity contribution in [2.24, 2.45) is 0 Å². The van der Waals surface area contributed by atoms with Gasteiger partial charge in [-0.3, -0.25) is 0 Å². The maximum Gasteiger partial charge on any atom is 0.1000 e. The van der Waals surface area contributed by atoms with Gasteiger partial charge in [-0.15, -0.1) is 0 Å². The number of nitrogens with zero attached hydrogens (tertiary/aromatic N) is 2. The molecule has 4 rings (SSSR count). The first-order chi connectivity index (χ1) is 14.7. The normalized spacial score (nSPS) is 25.3. The third-order valence-electron chi connectivity index (χ3n) is 6.09. The molecule has 2 aliphatic heterocycles. The number of benzene rings is 2. The molecule has 0 radical (unpaired) electrons. The Kier molecular flexibility index (Phi) is 8.35. The van der Waals surface area contributed by atoms with Gasteiger partial charge in [0.15, 0.2) is 0 Å². The van der Waals surface area contributed by atoms with E-state index >= 15 is 0 Å². The van der Waals surface area contributed by atoms with Gasteiger partial charge in [0.05, 0.1) is 18.4 Å². The fraction of sp³-hybridized carbons (Fsp3) is 0.391. The summed E-state index contributed by atoms with van der Waals surface area (Å²) in [5.74, 6) is 1.21. The van der Waals surface area contributed by atoms with E-state index in [9.17, 15) is 0 Å². The monoisotopic (exact) mass is 664 g/mol. The molecule has 0 bridgehead atoms. The van der Waals surface area contributed by atoms with E-state index in [-0.39, 0.29) is 0 Å². The lowest BCUT2D eigenvalue weighted by molar-refractivity contribution is 0.129. The molecule has 30 heavy (non-hydrogen) atoms. The van der Waals surface area contributed by atoms with Crippen molar-refractivity contribution < 1.29 is 4.74 Å². The molecule has 2 aromatic carbocycles. The van der Waals surface area contributed by atoms with Crippen molar-refractivity contribution in [1.82, 2.24) is 8.61 Å². The van der Waals surface area contributed by atoms with Crippen molar-refractivity contribution in [2.45, 2.75) is 44.8 Å². The maximum atomic E-state index is 6.27. The third kappa shape index (κ3) is 4.71. The molecule has 7 heteroatoms. The quantitative estimate of drug-likeness (QED) is 0.230. The number of ether oxygens (including phenoxy) is 1. The van der Waals surface area contributed by atoms with Crippen molar-refractivity contribution in [1.29, 1.82) is 0 Å². The SMILES string of the molecule is CCOC1=C2CN(SI)[C@H](c3ccccc3)C[C@@H]2N(SI)[C@H](c2ccccc2C)C1. The number of aryl methyl sites for hydroxylation is 1.